The molecule has 0 amide bonds. The van der Waals surface area contributed by atoms with Crippen LogP contribution in [0, 0.1) is 17.6 Å². The Hall–Kier alpha value is -1.54. The quantitative estimate of drug-likeness (QED) is 0.925. The lowest BCUT2D eigenvalue weighted by atomic mass is 10.0. The number of piperidine rings is 1. The van der Waals surface area contributed by atoms with E-state index in [2.05, 4.69) is 0 Å². The van der Waals surface area contributed by atoms with E-state index < -0.39 is 38.1 Å². The van der Waals surface area contributed by atoms with Crippen LogP contribution in [-0.2, 0) is 10.0 Å². The van der Waals surface area contributed by atoms with Gasteiger partial charge < -0.3 is 5.11 Å². The maximum atomic E-state index is 14.1. The van der Waals surface area contributed by atoms with E-state index in [-0.39, 0.29) is 19.0 Å². The van der Waals surface area contributed by atoms with Crippen molar-refractivity contribution in [2.75, 3.05) is 13.1 Å². The molecule has 116 valence electrons. The smallest absolute Gasteiger partial charge is 0.341 e. The van der Waals surface area contributed by atoms with E-state index in [4.69, 9.17) is 5.11 Å². The van der Waals surface area contributed by atoms with Gasteiger partial charge in [-0.3, -0.25) is 0 Å². The molecular formula is C13H15F2NO4S. The molecule has 8 heteroatoms. The first kappa shape index (κ1) is 15.8. The molecule has 21 heavy (non-hydrogen) atoms. The third-order valence-electron chi connectivity index (χ3n) is 3.51. The van der Waals surface area contributed by atoms with E-state index in [1.807, 2.05) is 6.92 Å². The van der Waals surface area contributed by atoms with Gasteiger partial charge in [0.25, 0.3) is 0 Å². The molecule has 1 heterocycles. The van der Waals surface area contributed by atoms with Gasteiger partial charge in [-0.25, -0.2) is 22.0 Å². The maximum Gasteiger partial charge on any atom is 0.341 e. The number of benzene rings is 1. The minimum Gasteiger partial charge on any atom is -0.477 e. The van der Waals surface area contributed by atoms with Crippen LogP contribution in [0.1, 0.15) is 30.1 Å². The average molecular weight is 319 g/mol. The first-order valence-electron chi connectivity index (χ1n) is 6.46. The molecule has 1 N–H and O–H groups in total. The van der Waals surface area contributed by atoms with Crippen molar-refractivity contribution in [3.8, 4) is 0 Å². The van der Waals surface area contributed by atoms with Crippen LogP contribution in [0.3, 0.4) is 0 Å². The Kier molecular flexibility index (Phi) is 4.29. The van der Waals surface area contributed by atoms with E-state index in [0.29, 0.717) is 12.5 Å². The molecule has 0 bridgehead atoms. The summed E-state index contributed by atoms with van der Waals surface area (Å²) in [6.07, 6.45) is 1.52. The first-order valence-corrected chi connectivity index (χ1v) is 7.90. The van der Waals surface area contributed by atoms with E-state index in [1.54, 1.807) is 0 Å². The van der Waals surface area contributed by atoms with Gasteiger partial charge in [0.05, 0.1) is 0 Å². The lowest BCUT2D eigenvalue weighted by Gasteiger charge is -2.30. The van der Waals surface area contributed by atoms with Crippen molar-refractivity contribution < 1.29 is 27.1 Å². The molecule has 1 fully saturated rings. The average Bonchev–Trinajstić information content (AvgIpc) is 2.37. The number of halogens is 2. The molecule has 0 saturated carbocycles. The van der Waals surface area contributed by atoms with Crippen LogP contribution in [0.15, 0.2) is 17.0 Å². The van der Waals surface area contributed by atoms with Crippen molar-refractivity contribution >= 4 is 16.0 Å². The van der Waals surface area contributed by atoms with Crippen LogP contribution >= 0.6 is 0 Å². The van der Waals surface area contributed by atoms with Gasteiger partial charge in [-0.2, -0.15) is 4.31 Å². The number of hydrogen-bond acceptors (Lipinski definition) is 3. The van der Waals surface area contributed by atoms with Crippen molar-refractivity contribution in [1.82, 2.24) is 4.31 Å². The summed E-state index contributed by atoms with van der Waals surface area (Å²) in [6, 6.07) is 1.43. The second-order valence-corrected chi connectivity index (χ2v) is 7.06. The van der Waals surface area contributed by atoms with Gasteiger partial charge >= 0.3 is 5.97 Å². The van der Waals surface area contributed by atoms with Gasteiger partial charge in [-0.1, -0.05) is 6.92 Å². The van der Waals surface area contributed by atoms with Gasteiger partial charge in [0, 0.05) is 13.1 Å². The van der Waals surface area contributed by atoms with Gasteiger partial charge in [0.2, 0.25) is 10.0 Å². The summed E-state index contributed by atoms with van der Waals surface area (Å²) in [5, 5.41) is 8.80. The highest BCUT2D eigenvalue weighted by atomic mass is 32.2. The molecular weight excluding hydrogens is 304 g/mol. The molecule has 2 rings (SSSR count). The van der Waals surface area contributed by atoms with Crippen molar-refractivity contribution in [3.63, 3.8) is 0 Å². The normalized spacial score (nSPS) is 20.4. The number of hydrogen-bond donors (Lipinski definition) is 1. The Labute approximate surface area is 121 Å². The SMILES string of the molecule is CC1CCCN(S(=O)(=O)c2ccc(F)c(C(=O)O)c2F)C1. The third kappa shape index (κ3) is 2.91. The van der Waals surface area contributed by atoms with Gasteiger partial charge in [-0.05, 0) is 30.9 Å². The van der Waals surface area contributed by atoms with Crippen LogP contribution < -0.4 is 0 Å². The molecule has 0 spiro atoms. The summed E-state index contributed by atoms with van der Waals surface area (Å²) in [4.78, 5) is 10.1. The van der Waals surface area contributed by atoms with Crippen LogP contribution in [0.25, 0.3) is 0 Å². The Morgan fingerprint density at radius 3 is 2.62 bits per heavy atom. The zero-order chi connectivity index (χ0) is 15.8. The zero-order valence-corrected chi connectivity index (χ0v) is 12.2. The van der Waals surface area contributed by atoms with Crippen LogP contribution in [0.4, 0.5) is 8.78 Å². The Morgan fingerprint density at radius 1 is 1.38 bits per heavy atom. The van der Waals surface area contributed by atoms with Crippen molar-refractivity contribution in [1.29, 1.82) is 0 Å². The van der Waals surface area contributed by atoms with E-state index in [1.165, 1.54) is 0 Å². The van der Waals surface area contributed by atoms with Crippen molar-refractivity contribution in [2.45, 2.75) is 24.7 Å². The Bertz CT molecular complexity index is 675. The predicted octanol–water partition coefficient (Wildman–Crippen LogP) is 2.08. The molecule has 0 aliphatic carbocycles. The molecule has 1 aromatic carbocycles. The number of carboxylic acids is 1. The predicted molar refractivity (Wildman–Crippen MR) is 70.5 cm³/mol. The fraction of sp³-hybridized carbons (Fsp3) is 0.462. The largest absolute Gasteiger partial charge is 0.477 e. The zero-order valence-electron chi connectivity index (χ0n) is 11.3. The summed E-state index contributed by atoms with van der Waals surface area (Å²) >= 11 is 0. The molecule has 1 unspecified atom stereocenters. The molecule has 1 saturated heterocycles. The standard InChI is InChI=1S/C13H15F2NO4S/c1-8-3-2-6-16(7-8)21(19,20)10-5-4-9(14)11(12(10)15)13(17)18/h4-5,8H,2-3,6-7H2,1H3,(H,17,18). The molecule has 5 nitrogen and oxygen atoms in total. The van der Waals surface area contributed by atoms with Crippen LogP contribution in [-0.4, -0.2) is 36.9 Å². The number of carboxylic acid groups (broad SMARTS) is 1. The molecule has 1 aromatic rings. The number of nitrogens with zero attached hydrogens (tertiary/aromatic N) is 1. The highest BCUT2D eigenvalue weighted by Crippen LogP contribution is 2.27. The third-order valence-corrected chi connectivity index (χ3v) is 5.39. The van der Waals surface area contributed by atoms with Crippen LogP contribution in [0.5, 0.6) is 0 Å². The van der Waals surface area contributed by atoms with Gasteiger partial charge in [0.15, 0.2) is 5.82 Å². The molecule has 0 radical (unpaired) electrons. The molecule has 1 aliphatic heterocycles. The fourth-order valence-corrected chi connectivity index (χ4v) is 4.10. The highest BCUT2D eigenvalue weighted by molar-refractivity contribution is 7.89. The molecule has 1 atom stereocenters. The van der Waals surface area contributed by atoms with Gasteiger partial charge in [-0.15, -0.1) is 0 Å². The van der Waals surface area contributed by atoms with Crippen LogP contribution in [0.2, 0.25) is 0 Å². The second-order valence-electron chi connectivity index (χ2n) is 5.15. The van der Waals surface area contributed by atoms with E-state index >= 15 is 0 Å². The van der Waals surface area contributed by atoms with Crippen molar-refractivity contribution in [3.05, 3.63) is 29.3 Å². The number of aromatic carboxylic acids is 1. The monoisotopic (exact) mass is 319 g/mol. The van der Waals surface area contributed by atoms with Crippen molar-refractivity contribution in [2.24, 2.45) is 5.92 Å². The maximum absolute atomic E-state index is 14.1. The number of sulfonamides is 1. The highest BCUT2D eigenvalue weighted by Gasteiger charge is 2.33. The molecule has 0 aromatic heterocycles. The summed E-state index contributed by atoms with van der Waals surface area (Å²) < 4.78 is 53.4. The van der Waals surface area contributed by atoms with E-state index in [0.717, 1.165) is 16.8 Å². The fourth-order valence-electron chi connectivity index (χ4n) is 2.43. The Balaban J connectivity index is 2.50. The summed E-state index contributed by atoms with van der Waals surface area (Å²) in [6.45, 7) is 2.36. The molecule has 1 aliphatic rings. The Morgan fingerprint density at radius 2 is 2.05 bits per heavy atom. The number of carbonyl (C=O) groups is 1. The summed E-state index contributed by atoms with van der Waals surface area (Å²) in [7, 11) is -4.17. The second kappa shape index (κ2) is 5.69. The summed E-state index contributed by atoms with van der Waals surface area (Å²) in [5.41, 5.74) is -1.25. The lowest BCUT2D eigenvalue weighted by molar-refractivity contribution is 0.0685. The minimum absolute atomic E-state index is 0.135. The summed E-state index contributed by atoms with van der Waals surface area (Å²) in [5.74, 6) is -4.56. The number of rotatable bonds is 3. The van der Waals surface area contributed by atoms with E-state index in [9.17, 15) is 22.0 Å². The first-order chi connectivity index (χ1) is 9.75. The minimum atomic E-state index is -4.17. The topological polar surface area (TPSA) is 74.7 Å². The van der Waals surface area contributed by atoms with Gasteiger partial charge in [0.1, 0.15) is 16.3 Å². The lowest BCUT2D eigenvalue weighted by Crippen LogP contribution is -2.39.